The van der Waals surface area contributed by atoms with Gasteiger partial charge in [0.25, 0.3) is 0 Å². The Kier molecular flexibility index (Phi) is 8.17. The van der Waals surface area contributed by atoms with Crippen molar-refractivity contribution < 1.29 is 14.6 Å². The molecule has 1 aliphatic heterocycles. The molecule has 0 atom stereocenters. The molecular formula is C32H39N5O4. The third-order valence-electron chi connectivity index (χ3n) is 7.93. The van der Waals surface area contributed by atoms with Crippen molar-refractivity contribution in [3.05, 3.63) is 92.5 Å². The lowest BCUT2D eigenvalue weighted by Crippen LogP contribution is -2.37. The standard InChI is InChI=1S/C32H39N5O4/c1-20-13-23(14-21(2)30(20)38)31(39)24-15-25(18-35(3)4)33-29(17-24)36-11-9-26(10-12-36)37-19-28(34-32(37)40)22-7-6-8-27(16-22)41-5/h7,13-17,19,26,38H,6,8-12,18H2,1-5H3,(H,34,40). The second-order valence-electron chi connectivity index (χ2n) is 11.3. The number of rotatable bonds is 8. The van der Waals surface area contributed by atoms with Crippen LogP contribution < -0.4 is 10.6 Å². The molecule has 0 bridgehead atoms. The number of hydrogen-bond donors (Lipinski definition) is 2. The number of pyridine rings is 1. The lowest BCUT2D eigenvalue weighted by molar-refractivity contribution is 0.103. The number of ether oxygens (including phenoxy) is 1. The van der Waals surface area contributed by atoms with Gasteiger partial charge < -0.3 is 24.6 Å². The van der Waals surface area contributed by atoms with Crippen LogP contribution >= 0.6 is 0 Å². The van der Waals surface area contributed by atoms with Gasteiger partial charge in [-0.1, -0.05) is 6.08 Å². The van der Waals surface area contributed by atoms with E-state index >= 15 is 0 Å². The predicted octanol–water partition coefficient (Wildman–Crippen LogP) is 4.74. The number of aryl methyl sites for hydroxylation is 2. The Hall–Kier alpha value is -4.11. The van der Waals surface area contributed by atoms with E-state index in [0.29, 0.717) is 28.8 Å². The topological polar surface area (TPSA) is 104 Å². The summed E-state index contributed by atoms with van der Waals surface area (Å²) in [7, 11) is 5.63. The Labute approximate surface area is 240 Å². The van der Waals surface area contributed by atoms with Gasteiger partial charge in [0.1, 0.15) is 11.6 Å². The van der Waals surface area contributed by atoms with E-state index in [9.17, 15) is 14.7 Å². The van der Waals surface area contributed by atoms with Crippen molar-refractivity contribution >= 4 is 17.2 Å². The zero-order valence-corrected chi connectivity index (χ0v) is 24.5. The minimum atomic E-state index is -0.101. The Morgan fingerprint density at radius 1 is 1.12 bits per heavy atom. The lowest BCUT2D eigenvalue weighted by atomic mass is 9.98. The molecule has 0 spiro atoms. The first-order valence-corrected chi connectivity index (χ1v) is 14.1. The third-order valence-corrected chi connectivity index (χ3v) is 7.93. The highest BCUT2D eigenvalue weighted by molar-refractivity contribution is 6.09. The zero-order chi connectivity index (χ0) is 29.3. The van der Waals surface area contributed by atoms with Gasteiger partial charge in [0.05, 0.1) is 24.3 Å². The molecule has 3 aromatic rings. The van der Waals surface area contributed by atoms with Crippen molar-refractivity contribution in [3.8, 4) is 5.75 Å². The van der Waals surface area contributed by atoms with Gasteiger partial charge in [0.2, 0.25) is 0 Å². The van der Waals surface area contributed by atoms with E-state index in [-0.39, 0.29) is 23.3 Å². The van der Waals surface area contributed by atoms with E-state index in [2.05, 4.69) is 16.0 Å². The Bertz CT molecular complexity index is 1550. The molecule has 0 radical (unpaired) electrons. The van der Waals surface area contributed by atoms with Crippen LogP contribution in [0, 0.1) is 13.8 Å². The number of allylic oxidation sites excluding steroid dienone is 4. The van der Waals surface area contributed by atoms with Gasteiger partial charge in [-0.3, -0.25) is 9.36 Å². The fourth-order valence-electron chi connectivity index (χ4n) is 5.75. The maximum atomic E-state index is 13.6. The average Bonchev–Trinajstić information content (AvgIpc) is 3.36. The number of imidazole rings is 1. The number of methoxy groups -OCH3 is 1. The molecular weight excluding hydrogens is 518 g/mol. The number of aromatic amines is 1. The summed E-state index contributed by atoms with van der Waals surface area (Å²) in [5.41, 5.74) is 5.00. The first kappa shape index (κ1) is 28.4. The number of piperidine rings is 1. The summed E-state index contributed by atoms with van der Waals surface area (Å²) >= 11 is 0. The van der Waals surface area contributed by atoms with Gasteiger partial charge >= 0.3 is 5.69 Å². The molecule has 0 saturated carbocycles. The van der Waals surface area contributed by atoms with E-state index in [1.807, 2.05) is 48.0 Å². The van der Waals surface area contributed by atoms with E-state index in [4.69, 9.17) is 9.72 Å². The summed E-state index contributed by atoms with van der Waals surface area (Å²) in [5, 5.41) is 10.2. The first-order valence-electron chi connectivity index (χ1n) is 14.1. The van der Waals surface area contributed by atoms with Gasteiger partial charge in [-0.25, -0.2) is 9.78 Å². The van der Waals surface area contributed by atoms with Crippen LogP contribution in [-0.4, -0.2) is 64.6 Å². The summed E-state index contributed by atoms with van der Waals surface area (Å²) in [6.45, 7) is 5.65. The summed E-state index contributed by atoms with van der Waals surface area (Å²) in [4.78, 5) is 38.7. The van der Waals surface area contributed by atoms with Crippen molar-refractivity contribution in [1.82, 2.24) is 19.4 Å². The molecule has 9 heteroatoms. The molecule has 1 aromatic carbocycles. The molecule has 1 fully saturated rings. The Morgan fingerprint density at radius 3 is 2.46 bits per heavy atom. The number of nitrogens with one attached hydrogen (secondary N) is 1. The quantitative estimate of drug-likeness (QED) is 0.386. The fourth-order valence-corrected chi connectivity index (χ4v) is 5.75. The van der Waals surface area contributed by atoms with Crippen LogP contribution in [0.15, 0.2) is 53.2 Å². The summed E-state index contributed by atoms with van der Waals surface area (Å²) in [6, 6.07) is 7.28. The third kappa shape index (κ3) is 6.15. The lowest BCUT2D eigenvalue weighted by Gasteiger charge is -2.33. The van der Waals surface area contributed by atoms with Crippen molar-refractivity contribution in [2.45, 2.75) is 52.1 Å². The largest absolute Gasteiger partial charge is 0.507 e. The fraction of sp³-hybridized carbons (Fsp3) is 0.406. The maximum absolute atomic E-state index is 13.6. The molecule has 41 heavy (non-hydrogen) atoms. The predicted molar refractivity (Wildman–Crippen MR) is 160 cm³/mol. The number of anilines is 1. The van der Waals surface area contributed by atoms with Crippen LogP contribution in [0.25, 0.3) is 5.57 Å². The maximum Gasteiger partial charge on any atom is 0.326 e. The van der Waals surface area contributed by atoms with Gasteiger partial charge in [0.15, 0.2) is 5.78 Å². The summed E-state index contributed by atoms with van der Waals surface area (Å²) < 4.78 is 7.24. The van der Waals surface area contributed by atoms with Crippen LogP contribution in [0.1, 0.15) is 70.2 Å². The van der Waals surface area contributed by atoms with Crippen molar-refractivity contribution in [2.24, 2.45) is 0 Å². The zero-order valence-electron chi connectivity index (χ0n) is 24.5. The highest BCUT2D eigenvalue weighted by Gasteiger charge is 2.25. The SMILES string of the molecule is COC1=CC(c2cn(C3CCN(c4cc(C(=O)c5cc(C)c(O)c(C)c5)cc(CN(C)C)n4)CC3)c(=O)[nH]2)=CCC1. The van der Waals surface area contributed by atoms with Crippen molar-refractivity contribution in [1.29, 1.82) is 0 Å². The van der Waals surface area contributed by atoms with E-state index in [1.165, 1.54) is 0 Å². The summed E-state index contributed by atoms with van der Waals surface area (Å²) in [6.07, 6.45) is 9.38. The second-order valence-corrected chi connectivity index (χ2v) is 11.3. The molecule has 3 heterocycles. The number of carbonyl (C=O) groups excluding carboxylic acids is 1. The van der Waals surface area contributed by atoms with Crippen LogP contribution in [0.2, 0.25) is 0 Å². The highest BCUT2D eigenvalue weighted by Crippen LogP contribution is 2.30. The number of phenols is 1. The number of carbonyl (C=O) groups is 1. The van der Waals surface area contributed by atoms with Crippen LogP contribution in [-0.2, 0) is 11.3 Å². The monoisotopic (exact) mass is 557 g/mol. The molecule has 5 rings (SSSR count). The number of hydrogen-bond acceptors (Lipinski definition) is 7. The average molecular weight is 558 g/mol. The number of phenolic OH excluding ortho intramolecular Hbond substituents is 1. The molecule has 2 aromatic heterocycles. The number of nitrogens with zero attached hydrogens (tertiary/aromatic N) is 4. The normalized spacial score (nSPS) is 16.1. The second kappa shape index (κ2) is 11.8. The van der Waals surface area contributed by atoms with Crippen LogP contribution in [0.4, 0.5) is 5.82 Å². The number of aromatic hydroxyl groups is 1. The Balaban J connectivity index is 1.36. The van der Waals surface area contributed by atoms with Crippen LogP contribution in [0.3, 0.4) is 0 Å². The molecule has 9 nitrogen and oxygen atoms in total. The molecule has 2 N–H and O–H groups in total. The van der Waals surface area contributed by atoms with E-state index < -0.39 is 0 Å². The minimum Gasteiger partial charge on any atom is -0.507 e. The molecule has 1 saturated heterocycles. The molecule has 0 amide bonds. The highest BCUT2D eigenvalue weighted by atomic mass is 16.5. The van der Waals surface area contributed by atoms with Crippen LogP contribution in [0.5, 0.6) is 5.75 Å². The minimum absolute atomic E-state index is 0.0767. The van der Waals surface area contributed by atoms with Gasteiger partial charge in [-0.15, -0.1) is 0 Å². The number of H-pyrrole nitrogens is 1. The smallest absolute Gasteiger partial charge is 0.326 e. The van der Waals surface area contributed by atoms with Gasteiger partial charge in [0, 0.05) is 49.4 Å². The van der Waals surface area contributed by atoms with E-state index in [1.54, 1.807) is 33.1 Å². The molecule has 1 aliphatic carbocycles. The molecule has 216 valence electrons. The Morgan fingerprint density at radius 2 is 1.80 bits per heavy atom. The summed E-state index contributed by atoms with van der Waals surface area (Å²) in [5.74, 6) is 1.81. The van der Waals surface area contributed by atoms with E-state index in [0.717, 1.165) is 67.3 Å². The molecule has 2 aliphatic rings. The number of benzene rings is 1. The first-order chi connectivity index (χ1) is 19.6. The van der Waals surface area contributed by atoms with Crippen molar-refractivity contribution in [2.75, 3.05) is 39.2 Å². The number of ketones is 1. The van der Waals surface area contributed by atoms with Gasteiger partial charge in [-0.2, -0.15) is 0 Å². The van der Waals surface area contributed by atoms with Gasteiger partial charge in [-0.05, 0) is 94.2 Å². The number of aromatic nitrogens is 3. The molecule has 0 unspecified atom stereocenters. The van der Waals surface area contributed by atoms with Crippen molar-refractivity contribution in [3.63, 3.8) is 0 Å².